The molecule has 3 rings (SSSR count). The molecule has 0 fully saturated rings. The fourth-order valence-corrected chi connectivity index (χ4v) is 3.48. The monoisotopic (exact) mass is 347 g/mol. The van der Waals surface area contributed by atoms with Gasteiger partial charge in [-0.2, -0.15) is 0 Å². The maximum absolute atomic E-state index is 13.2. The first kappa shape index (κ1) is 16.3. The van der Waals surface area contributed by atoms with Crippen molar-refractivity contribution in [1.82, 2.24) is 14.7 Å². The highest BCUT2D eigenvalue weighted by atomic mass is 32.2. The van der Waals surface area contributed by atoms with E-state index in [1.165, 1.54) is 37.7 Å². The van der Waals surface area contributed by atoms with E-state index in [1.807, 2.05) is 0 Å². The van der Waals surface area contributed by atoms with Gasteiger partial charge < -0.3 is 4.42 Å². The third-order valence-corrected chi connectivity index (χ3v) is 4.95. The van der Waals surface area contributed by atoms with Crippen molar-refractivity contribution in [2.75, 3.05) is 0 Å². The second-order valence-corrected chi connectivity index (χ2v) is 6.80. The summed E-state index contributed by atoms with van der Waals surface area (Å²) in [6.07, 6.45) is 4.47. The number of nitrogens with zero attached hydrogens (tertiary/aromatic N) is 2. The maximum atomic E-state index is 13.2. The number of aryl methyl sites for hydroxylation is 1. The molecule has 24 heavy (non-hydrogen) atoms. The molecule has 0 spiro atoms. The standard InChI is InChI=1S/C16H14FN3O3S/c1-11-9-12(17)4-5-15(11)24(21,22)20-10-13-16(19-7-6-18-13)14-3-2-8-23-14/h2-9,20H,10H2,1H3. The van der Waals surface area contributed by atoms with Crippen LogP contribution in [-0.4, -0.2) is 18.4 Å². The van der Waals surface area contributed by atoms with Gasteiger partial charge in [0.05, 0.1) is 23.4 Å². The highest BCUT2D eigenvalue weighted by Crippen LogP contribution is 2.21. The molecule has 3 aromatic rings. The predicted molar refractivity (Wildman–Crippen MR) is 84.9 cm³/mol. The van der Waals surface area contributed by atoms with Gasteiger partial charge in [0.2, 0.25) is 10.0 Å². The molecule has 1 aromatic carbocycles. The van der Waals surface area contributed by atoms with Gasteiger partial charge in [-0.05, 0) is 42.8 Å². The van der Waals surface area contributed by atoms with Crippen molar-refractivity contribution < 1.29 is 17.2 Å². The number of rotatable bonds is 5. The molecule has 0 saturated carbocycles. The summed E-state index contributed by atoms with van der Waals surface area (Å²) in [5, 5.41) is 0. The minimum Gasteiger partial charge on any atom is -0.463 e. The van der Waals surface area contributed by atoms with E-state index in [0.29, 0.717) is 22.7 Å². The summed E-state index contributed by atoms with van der Waals surface area (Å²) in [5.41, 5.74) is 1.21. The molecule has 0 atom stereocenters. The number of aromatic nitrogens is 2. The van der Waals surface area contributed by atoms with Crippen molar-refractivity contribution in [3.8, 4) is 11.5 Å². The van der Waals surface area contributed by atoms with Gasteiger partial charge in [0, 0.05) is 12.4 Å². The second-order valence-electron chi connectivity index (χ2n) is 5.06. The van der Waals surface area contributed by atoms with Crippen molar-refractivity contribution in [1.29, 1.82) is 0 Å². The minimum absolute atomic E-state index is 0.0207. The van der Waals surface area contributed by atoms with Crippen LogP contribution < -0.4 is 4.72 Å². The molecule has 0 unspecified atom stereocenters. The minimum atomic E-state index is -3.81. The van der Waals surface area contributed by atoms with Crippen molar-refractivity contribution in [3.63, 3.8) is 0 Å². The van der Waals surface area contributed by atoms with Crippen LogP contribution in [-0.2, 0) is 16.6 Å². The first-order chi connectivity index (χ1) is 11.5. The number of benzene rings is 1. The Kier molecular flexibility index (Phi) is 4.41. The van der Waals surface area contributed by atoms with E-state index < -0.39 is 15.8 Å². The Labute approximate surface area is 138 Å². The van der Waals surface area contributed by atoms with Gasteiger partial charge in [0.1, 0.15) is 11.5 Å². The van der Waals surface area contributed by atoms with Crippen LogP contribution >= 0.6 is 0 Å². The molecular weight excluding hydrogens is 333 g/mol. The number of nitrogens with one attached hydrogen (secondary N) is 1. The van der Waals surface area contributed by atoms with Gasteiger partial charge in [-0.25, -0.2) is 22.5 Å². The SMILES string of the molecule is Cc1cc(F)ccc1S(=O)(=O)NCc1nccnc1-c1ccco1. The lowest BCUT2D eigenvalue weighted by Crippen LogP contribution is -2.25. The zero-order valence-electron chi connectivity index (χ0n) is 12.7. The van der Waals surface area contributed by atoms with E-state index in [2.05, 4.69) is 14.7 Å². The Morgan fingerprint density at radius 2 is 2.00 bits per heavy atom. The van der Waals surface area contributed by atoms with E-state index >= 15 is 0 Å². The van der Waals surface area contributed by atoms with E-state index in [0.717, 1.165) is 6.07 Å². The van der Waals surface area contributed by atoms with Crippen LogP contribution in [0.3, 0.4) is 0 Å². The van der Waals surface area contributed by atoms with E-state index in [4.69, 9.17) is 4.42 Å². The third kappa shape index (κ3) is 3.34. The molecule has 0 saturated heterocycles. The highest BCUT2D eigenvalue weighted by molar-refractivity contribution is 7.89. The molecule has 2 heterocycles. The van der Waals surface area contributed by atoms with Crippen LogP contribution in [0.2, 0.25) is 0 Å². The number of hydrogen-bond acceptors (Lipinski definition) is 5. The van der Waals surface area contributed by atoms with E-state index in [1.54, 1.807) is 12.1 Å². The Morgan fingerprint density at radius 1 is 1.21 bits per heavy atom. The van der Waals surface area contributed by atoms with Crippen LogP contribution in [0.4, 0.5) is 4.39 Å². The largest absolute Gasteiger partial charge is 0.463 e. The van der Waals surface area contributed by atoms with Crippen molar-refractivity contribution in [2.24, 2.45) is 0 Å². The Balaban J connectivity index is 1.86. The first-order valence-corrected chi connectivity index (χ1v) is 8.55. The molecule has 0 amide bonds. The molecule has 0 aliphatic carbocycles. The van der Waals surface area contributed by atoms with Crippen LogP contribution in [0.1, 0.15) is 11.3 Å². The van der Waals surface area contributed by atoms with Crippen LogP contribution in [0.5, 0.6) is 0 Å². The molecule has 0 aliphatic heterocycles. The summed E-state index contributed by atoms with van der Waals surface area (Å²) in [5.74, 6) is 0.00995. The van der Waals surface area contributed by atoms with Gasteiger partial charge in [-0.3, -0.25) is 4.98 Å². The van der Waals surface area contributed by atoms with Gasteiger partial charge in [-0.15, -0.1) is 0 Å². The average molecular weight is 347 g/mol. The molecule has 6 nitrogen and oxygen atoms in total. The zero-order valence-corrected chi connectivity index (χ0v) is 13.5. The first-order valence-electron chi connectivity index (χ1n) is 7.07. The molecule has 8 heteroatoms. The Bertz CT molecular complexity index is 956. The third-order valence-electron chi connectivity index (χ3n) is 3.38. The number of furan rings is 1. The molecule has 0 bridgehead atoms. The molecule has 1 N–H and O–H groups in total. The van der Waals surface area contributed by atoms with Gasteiger partial charge in [0.25, 0.3) is 0 Å². The van der Waals surface area contributed by atoms with Gasteiger partial charge in [-0.1, -0.05) is 0 Å². The highest BCUT2D eigenvalue weighted by Gasteiger charge is 2.19. The lowest BCUT2D eigenvalue weighted by Gasteiger charge is -2.10. The molecule has 124 valence electrons. The lowest BCUT2D eigenvalue weighted by atomic mass is 10.2. The van der Waals surface area contributed by atoms with Crippen molar-refractivity contribution >= 4 is 10.0 Å². The summed E-state index contributed by atoms with van der Waals surface area (Å²) < 4.78 is 45.8. The fraction of sp³-hybridized carbons (Fsp3) is 0.125. The Hall–Kier alpha value is -2.58. The lowest BCUT2D eigenvalue weighted by molar-refractivity contribution is 0.572. The second kappa shape index (κ2) is 6.50. The molecule has 0 radical (unpaired) electrons. The quantitative estimate of drug-likeness (QED) is 0.767. The number of hydrogen-bond donors (Lipinski definition) is 1. The summed E-state index contributed by atoms with van der Waals surface area (Å²) in [6, 6.07) is 6.94. The smallest absolute Gasteiger partial charge is 0.241 e. The van der Waals surface area contributed by atoms with E-state index in [9.17, 15) is 12.8 Å². The van der Waals surface area contributed by atoms with E-state index in [-0.39, 0.29) is 11.4 Å². The average Bonchev–Trinajstić information content (AvgIpc) is 3.07. The summed E-state index contributed by atoms with van der Waals surface area (Å²) in [7, 11) is -3.81. The Morgan fingerprint density at radius 3 is 2.71 bits per heavy atom. The summed E-state index contributed by atoms with van der Waals surface area (Å²) >= 11 is 0. The predicted octanol–water partition coefficient (Wildman–Crippen LogP) is 2.66. The maximum Gasteiger partial charge on any atom is 0.241 e. The summed E-state index contributed by atoms with van der Waals surface area (Å²) in [4.78, 5) is 8.36. The van der Waals surface area contributed by atoms with Gasteiger partial charge >= 0.3 is 0 Å². The van der Waals surface area contributed by atoms with Crippen LogP contribution in [0.25, 0.3) is 11.5 Å². The van der Waals surface area contributed by atoms with Crippen LogP contribution in [0.15, 0.2) is 58.3 Å². The van der Waals surface area contributed by atoms with Crippen molar-refractivity contribution in [3.05, 3.63) is 66.1 Å². The molecular formula is C16H14FN3O3S. The number of halogens is 1. The zero-order chi connectivity index (χ0) is 17.2. The molecule has 0 aliphatic rings. The normalized spacial score (nSPS) is 11.6. The van der Waals surface area contributed by atoms with Gasteiger partial charge in [0.15, 0.2) is 5.76 Å². The summed E-state index contributed by atoms with van der Waals surface area (Å²) in [6.45, 7) is 1.47. The number of sulfonamides is 1. The van der Waals surface area contributed by atoms with Crippen molar-refractivity contribution in [2.45, 2.75) is 18.4 Å². The van der Waals surface area contributed by atoms with Crippen LogP contribution in [0, 0.1) is 12.7 Å². The molecule has 2 aromatic heterocycles. The topological polar surface area (TPSA) is 85.1 Å². The fourth-order valence-electron chi connectivity index (χ4n) is 2.27.